The summed E-state index contributed by atoms with van der Waals surface area (Å²) in [5, 5.41) is 3.85. The first kappa shape index (κ1) is 7.66. The molecule has 0 aromatic heterocycles. The Kier molecular flexibility index (Phi) is 6.38. The maximum absolute atomic E-state index is 5.01. The predicted octanol–water partition coefficient (Wildman–Crippen LogP) is 1.19. The number of ether oxygens (including phenoxy) is 1. The first-order valence-corrected chi connectivity index (χ1v) is 2.66. The molecule has 2 nitrogen and oxygen atoms in total. The van der Waals surface area contributed by atoms with Gasteiger partial charge in [-0.05, 0) is 0 Å². The summed E-state index contributed by atoms with van der Waals surface area (Å²) in [5.41, 5.74) is 0. The van der Waals surface area contributed by atoms with Crippen LogP contribution in [0.5, 0.6) is 0 Å². The SMILES string of the molecule is C=CCOCC[N-]C. The van der Waals surface area contributed by atoms with Crippen LogP contribution in [0.4, 0.5) is 0 Å². The molecule has 0 aliphatic rings. The Hall–Kier alpha value is -0.340. The standard InChI is InChI=1S/C6H12NO/c1-3-5-8-6-4-7-2/h3H,1,4-6H2,2H3/q-1. The van der Waals surface area contributed by atoms with E-state index in [1.54, 1.807) is 13.1 Å². The van der Waals surface area contributed by atoms with Crippen LogP contribution < -0.4 is 0 Å². The molecule has 0 heterocycles. The average Bonchev–Trinajstić information content (AvgIpc) is 1.81. The van der Waals surface area contributed by atoms with E-state index in [1.807, 2.05) is 0 Å². The van der Waals surface area contributed by atoms with Gasteiger partial charge in [-0.2, -0.15) is 7.05 Å². The fraction of sp³-hybridized carbons (Fsp3) is 0.667. The normalized spacial score (nSPS) is 9.12. The average molecular weight is 114 g/mol. The lowest BCUT2D eigenvalue weighted by Crippen LogP contribution is -1.97. The van der Waals surface area contributed by atoms with Gasteiger partial charge in [0.15, 0.2) is 0 Å². The molecule has 0 aliphatic heterocycles. The van der Waals surface area contributed by atoms with Crippen LogP contribution in [-0.4, -0.2) is 26.8 Å². The van der Waals surface area contributed by atoms with Crippen molar-refractivity contribution in [2.75, 3.05) is 26.8 Å². The van der Waals surface area contributed by atoms with Crippen LogP contribution in [0.15, 0.2) is 12.7 Å². The predicted molar refractivity (Wildman–Crippen MR) is 35.2 cm³/mol. The van der Waals surface area contributed by atoms with Crippen molar-refractivity contribution in [3.8, 4) is 0 Å². The molecule has 0 aliphatic carbocycles. The largest absolute Gasteiger partial charge is 0.663 e. The van der Waals surface area contributed by atoms with Crippen molar-refractivity contribution in [2.45, 2.75) is 0 Å². The highest BCUT2D eigenvalue weighted by molar-refractivity contribution is 4.69. The van der Waals surface area contributed by atoms with Crippen LogP contribution in [0, 0.1) is 0 Å². The minimum atomic E-state index is 0.634. The number of likely N-dealkylation sites (N-methyl/N-ethyl adjacent to an activating group) is 1. The number of nitrogens with zero attached hydrogens (tertiary/aromatic N) is 1. The topological polar surface area (TPSA) is 23.3 Å². The van der Waals surface area contributed by atoms with Crippen molar-refractivity contribution in [1.82, 2.24) is 0 Å². The summed E-state index contributed by atoms with van der Waals surface area (Å²) in [7, 11) is 1.78. The molecule has 0 aromatic carbocycles. The Labute approximate surface area is 50.5 Å². The molecule has 0 atom stereocenters. The van der Waals surface area contributed by atoms with Crippen LogP contribution in [0.25, 0.3) is 5.32 Å². The molecule has 0 N–H and O–H groups in total. The molecule has 2 heteroatoms. The van der Waals surface area contributed by atoms with Gasteiger partial charge in [-0.15, -0.1) is 13.1 Å². The molecule has 0 rings (SSSR count). The molecule has 0 aromatic rings. The minimum Gasteiger partial charge on any atom is -0.663 e. The highest BCUT2D eigenvalue weighted by atomic mass is 16.5. The van der Waals surface area contributed by atoms with E-state index in [-0.39, 0.29) is 0 Å². The first-order chi connectivity index (χ1) is 3.91. The third-order valence-corrected chi connectivity index (χ3v) is 0.695. The maximum Gasteiger partial charge on any atom is 0.0643 e. The van der Waals surface area contributed by atoms with E-state index in [0.29, 0.717) is 13.2 Å². The smallest absolute Gasteiger partial charge is 0.0643 e. The molecule has 48 valence electrons. The Morgan fingerprint density at radius 2 is 2.50 bits per heavy atom. The van der Waals surface area contributed by atoms with E-state index in [4.69, 9.17) is 4.74 Å². The molecule has 0 saturated carbocycles. The van der Waals surface area contributed by atoms with Gasteiger partial charge in [0.05, 0.1) is 6.61 Å². The highest BCUT2D eigenvalue weighted by Gasteiger charge is 1.72. The van der Waals surface area contributed by atoms with Crippen LogP contribution >= 0.6 is 0 Å². The van der Waals surface area contributed by atoms with Gasteiger partial charge in [0, 0.05) is 6.61 Å². The van der Waals surface area contributed by atoms with E-state index in [0.717, 1.165) is 6.54 Å². The van der Waals surface area contributed by atoms with Crippen molar-refractivity contribution < 1.29 is 4.74 Å². The van der Waals surface area contributed by atoms with E-state index < -0.39 is 0 Å². The van der Waals surface area contributed by atoms with Crippen molar-refractivity contribution >= 4 is 0 Å². The summed E-state index contributed by atoms with van der Waals surface area (Å²) in [6, 6.07) is 0. The summed E-state index contributed by atoms with van der Waals surface area (Å²) < 4.78 is 5.01. The minimum absolute atomic E-state index is 0.634. The summed E-state index contributed by atoms with van der Waals surface area (Å²) in [6.45, 7) is 5.63. The lowest BCUT2D eigenvalue weighted by Gasteiger charge is -2.08. The summed E-state index contributed by atoms with van der Waals surface area (Å²) >= 11 is 0. The van der Waals surface area contributed by atoms with E-state index in [1.165, 1.54) is 0 Å². The molecule has 0 radical (unpaired) electrons. The lowest BCUT2D eigenvalue weighted by atomic mass is 10.6. The first-order valence-electron chi connectivity index (χ1n) is 2.66. The zero-order valence-electron chi connectivity index (χ0n) is 5.26. The Bertz CT molecular complexity index is 54.5. The van der Waals surface area contributed by atoms with Crippen LogP contribution in [0.1, 0.15) is 0 Å². The molecule has 8 heavy (non-hydrogen) atoms. The monoisotopic (exact) mass is 114 g/mol. The van der Waals surface area contributed by atoms with Gasteiger partial charge in [0.25, 0.3) is 0 Å². The lowest BCUT2D eigenvalue weighted by molar-refractivity contribution is 0.174. The third-order valence-electron chi connectivity index (χ3n) is 0.695. The van der Waals surface area contributed by atoms with Gasteiger partial charge in [-0.3, -0.25) is 0 Å². The second-order valence-corrected chi connectivity index (χ2v) is 1.40. The van der Waals surface area contributed by atoms with Crippen LogP contribution in [-0.2, 0) is 4.74 Å². The van der Waals surface area contributed by atoms with Gasteiger partial charge in [0.2, 0.25) is 0 Å². The van der Waals surface area contributed by atoms with Crippen LogP contribution in [0.2, 0.25) is 0 Å². The molecule has 0 bridgehead atoms. The zero-order valence-corrected chi connectivity index (χ0v) is 5.26. The van der Waals surface area contributed by atoms with Crippen molar-refractivity contribution in [2.24, 2.45) is 0 Å². The van der Waals surface area contributed by atoms with Gasteiger partial charge < -0.3 is 10.1 Å². The molecule has 0 amide bonds. The molecule has 0 fully saturated rings. The maximum atomic E-state index is 5.01. The van der Waals surface area contributed by atoms with Crippen molar-refractivity contribution in [3.05, 3.63) is 18.0 Å². The van der Waals surface area contributed by atoms with E-state index in [9.17, 15) is 0 Å². The Balaban J connectivity index is 2.62. The van der Waals surface area contributed by atoms with E-state index >= 15 is 0 Å². The molecular formula is C6H12NO-. The Morgan fingerprint density at radius 3 is 3.00 bits per heavy atom. The number of rotatable bonds is 5. The second-order valence-electron chi connectivity index (χ2n) is 1.40. The summed E-state index contributed by atoms with van der Waals surface area (Å²) in [4.78, 5) is 0. The summed E-state index contributed by atoms with van der Waals surface area (Å²) in [5.74, 6) is 0. The number of hydrogen-bond acceptors (Lipinski definition) is 1. The van der Waals surface area contributed by atoms with Gasteiger partial charge >= 0.3 is 0 Å². The van der Waals surface area contributed by atoms with Gasteiger partial charge in [-0.1, -0.05) is 6.08 Å². The second kappa shape index (κ2) is 6.66. The zero-order chi connectivity index (χ0) is 6.24. The van der Waals surface area contributed by atoms with Gasteiger partial charge in [0.1, 0.15) is 0 Å². The quantitative estimate of drug-likeness (QED) is 0.389. The van der Waals surface area contributed by atoms with Crippen LogP contribution in [0.3, 0.4) is 0 Å². The molecular weight excluding hydrogens is 102 g/mol. The Morgan fingerprint density at radius 1 is 1.75 bits per heavy atom. The van der Waals surface area contributed by atoms with E-state index in [2.05, 4.69) is 11.9 Å². The van der Waals surface area contributed by atoms with Crippen molar-refractivity contribution in [3.63, 3.8) is 0 Å². The fourth-order valence-electron chi connectivity index (χ4n) is 0.323. The fourth-order valence-corrected chi connectivity index (χ4v) is 0.323. The molecule has 0 unspecified atom stereocenters. The molecule has 0 saturated heterocycles. The molecule has 0 spiro atoms. The highest BCUT2D eigenvalue weighted by Crippen LogP contribution is 1.79. The summed E-state index contributed by atoms with van der Waals surface area (Å²) in [6.07, 6.45) is 1.73. The third kappa shape index (κ3) is 5.66. The van der Waals surface area contributed by atoms with Crippen molar-refractivity contribution in [1.29, 1.82) is 0 Å². The van der Waals surface area contributed by atoms with Gasteiger partial charge in [-0.25, -0.2) is 0 Å². The number of hydrogen-bond donors (Lipinski definition) is 0.